The van der Waals surface area contributed by atoms with Crippen LogP contribution in [-0.4, -0.2) is 15.5 Å². The maximum absolute atomic E-state index is 13.1. The van der Waals surface area contributed by atoms with Gasteiger partial charge in [0, 0.05) is 12.1 Å². The molecule has 1 aromatic heterocycles. The Morgan fingerprint density at radius 3 is 2.34 bits per heavy atom. The van der Waals surface area contributed by atoms with E-state index in [0.717, 1.165) is 29.0 Å². The number of carbonyl (C=O) groups excluding carboxylic acids is 1. The fourth-order valence-corrected chi connectivity index (χ4v) is 3.66. The smallest absolute Gasteiger partial charge is 0.220 e. The van der Waals surface area contributed by atoms with Gasteiger partial charge in [-0.25, -0.2) is 9.37 Å². The molecule has 1 aliphatic heterocycles. The highest BCUT2D eigenvalue weighted by atomic mass is 19.1. The molecule has 0 radical (unpaired) electrons. The Morgan fingerprint density at radius 2 is 1.66 bits per heavy atom. The van der Waals surface area contributed by atoms with Crippen LogP contribution in [-0.2, 0) is 4.79 Å². The Labute approximate surface area is 166 Å². The number of imidazole rings is 1. The van der Waals surface area contributed by atoms with Crippen LogP contribution >= 0.6 is 0 Å². The summed E-state index contributed by atoms with van der Waals surface area (Å²) in [5, 5.41) is 3.01. The number of amides is 1. The molecule has 1 aliphatic rings. The normalized spacial score (nSPS) is 16.2. The molecule has 2 heterocycles. The topological polar surface area (TPSA) is 56.2 Å². The number of para-hydroxylation sites is 2. The van der Waals surface area contributed by atoms with E-state index in [9.17, 15) is 9.18 Å². The van der Waals surface area contributed by atoms with Gasteiger partial charge in [-0.05, 0) is 67.1 Å². The van der Waals surface area contributed by atoms with Gasteiger partial charge in [-0.2, -0.15) is 0 Å². The molecule has 1 saturated heterocycles. The van der Waals surface area contributed by atoms with E-state index in [2.05, 4.69) is 9.88 Å². The fourth-order valence-electron chi connectivity index (χ4n) is 3.66. The van der Waals surface area contributed by atoms with Crippen LogP contribution in [0.4, 0.5) is 4.39 Å². The van der Waals surface area contributed by atoms with Gasteiger partial charge >= 0.3 is 0 Å². The predicted octanol–water partition coefficient (Wildman–Crippen LogP) is 4.91. The molecule has 5 nitrogen and oxygen atoms in total. The second kappa shape index (κ2) is 7.05. The molecule has 4 aromatic rings. The number of hydrogen-bond acceptors (Lipinski definition) is 3. The first-order chi connectivity index (χ1) is 14.2. The van der Waals surface area contributed by atoms with Crippen molar-refractivity contribution in [3.8, 4) is 17.2 Å². The third-order valence-electron chi connectivity index (χ3n) is 5.04. The van der Waals surface area contributed by atoms with Crippen LogP contribution in [0.3, 0.4) is 0 Å². The van der Waals surface area contributed by atoms with Gasteiger partial charge in [-0.3, -0.25) is 9.36 Å². The quantitative estimate of drug-likeness (QED) is 0.541. The summed E-state index contributed by atoms with van der Waals surface area (Å²) in [7, 11) is 0. The average molecular weight is 387 g/mol. The molecule has 0 aliphatic carbocycles. The van der Waals surface area contributed by atoms with E-state index in [1.165, 1.54) is 12.1 Å². The van der Waals surface area contributed by atoms with Crippen molar-refractivity contribution in [2.24, 2.45) is 0 Å². The molecule has 6 heteroatoms. The summed E-state index contributed by atoms with van der Waals surface area (Å²) in [5.74, 6) is 1.80. The minimum atomic E-state index is -0.300. The lowest BCUT2D eigenvalue weighted by atomic mass is 10.2. The van der Waals surface area contributed by atoms with E-state index in [1.54, 1.807) is 12.1 Å². The molecule has 144 valence electrons. The van der Waals surface area contributed by atoms with Gasteiger partial charge in [0.25, 0.3) is 0 Å². The highest BCUT2D eigenvalue weighted by Crippen LogP contribution is 2.31. The van der Waals surface area contributed by atoms with Gasteiger partial charge in [-0.15, -0.1) is 0 Å². The summed E-state index contributed by atoms with van der Waals surface area (Å²) in [4.78, 5) is 16.5. The lowest BCUT2D eigenvalue weighted by Crippen LogP contribution is -2.21. The van der Waals surface area contributed by atoms with Crippen LogP contribution in [0.2, 0.25) is 0 Å². The van der Waals surface area contributed by atoms with E-state index < -0.39 is 0 Å². The van der Waals surface area contributed by atoms with E-state index in [-0.39, 0.29) is 17.8 Å². The van der Waals surface area contributed by atoms with Crippen molar-refractivity contribution in [3.63, 3.8) is 0 Å². The van der Waals surface area contributed by atoms with Gasteiger partial charge in [0.2, 0.25) is 5.91 Å². The van der Waals surface area contributed by atoms with Gasteiger partial charge in [0.1, 0.15) is 23.1 Å². The van der Waals surface area contributed by atoms with E-state index in [0.29, 0.717) is 17.9 Å². The number of fused-ring (bicyclic) bond motifs is 1. The number of hydrogen-bond donors (Lipinski definition) is 1. The van der Waals surface area contributed by atoms with Gasteiger partial charge < -0.3 is 10.1 Å². The van der Waals surface area contributed by atoms with Crippen LogP contribution in [0.1, 0.15) is 24.7 Å². The van der Waals surface area contributed by atoms with Crippen molar-refractivity contribution in [3.05, 3.63) is 84.4 Å². The lowest BCUT2D eigenvalue weighted by molar-refractivity contribution is -0.119. The number of nitrogens with one attached hydrogen (secondary N) is 1. The molecule has 1 unspecified atom stereocenters. The second-order valence-electron chi connectivity index (χ2n) is 7.00. The van der Waals surface area contributed by atoms with Crippen molar-refractivity contribution in [1.82, 2.24) is 14.9 Å². The highest BCUT2D eigenvalue weighted by Gasteiger charge is 2.28. The Balaban J connectivity index is 1.51. The summed E-state index contributed by atoms with van der Waals surface area (Å²) in [6, 6.07) is 21.4. The number of halogens is 1. The third kappa shape index (κ3) is 3.33. The number of ether oxygens (including phenoxy) is 1. The van der Waals surface area contributed by atoms with Crippen molar-refractivity contribution in [1.29, 1.82) is 0 Å². The first-order valence-electron chi connectivity index (χ1n) is 9.48. The Morgan fingerprint density at radius 1 is 0.966 bits per heavy atom. The number of benzene rings is 3. The van der Waals surface area contributed by atoms with Crippen LogP contribution in [0.15, 0.2) is 72.8 Å². The second-order valence-corrected chi connectivity index (χ2v) is 7.00. The molecule has 1 atom stereocenters. The molecule has 1 amide bonds. The fraction of sp³-hybridized carbons (Fsp3) is 0.130. The summed E-state index contributed by atoms with van der Waals surface area (Å²) in [6.45, 7) is 0. The predicted molar refractivity (Wildman–Crippen MR) is 108 cm³/mol. The Kier molecular flexibility index (Phi) is 4.24. The van der Waals surface area contributed by atoms with Crippen LogP contribution in [0.5, 0.6) is 11.5 Å². The van der Waals surface area contributed by atoms with Crippen LogP contribution < -0.4 is 10.1 Å². The van der Waals surface area contributed by atoms with Gasteiger partial charge in [0.15, 0.2) is 0 Å². The zero-order chi connectivity index (χ0) is 19.8. The van der Waals surface area contributed by atoms with E-state index >= 15 is 0 Å². The lowest BCUT2D eigenvalue weighted by Gasteiger charge is -2.14. The molecular weight excluding hydrogens is 369 g/mol. The SMILES string of the molecule is O=C1CCC(c2nc3ccccc3n2-c2ccc(Oc3ccc(F)cc3)cc2)N1. The Bertz CT molecular complexity index is 1180. The van der Waals surface area contributed by atoms with Crippen LogP contribution in [0, 0.1) is 5.82 Å². The summed E-state index contributed by atoms with van der Waals surface area (Å²) < 4.78 is 20.9. The molecule has 29 heavy (non-hydrogen) atoms. The molecule has 0 saturated carbocycles. The highest BCUT2D eigenvalue weighted by molar-refractivity contribution is 5.81. The first-order valence-corrected chi connectivity index (χ1v) is 9.48. The maximum Gasteiger partial charge on any atom is 0.220 e. The summed E-state index contributed by atoms with van der Waals surface area (Å²) in [6.07, 6.45) is 1.24. The summed E-state index contributed by atoms with van der Waals surface area (Å²) >= 11 is 0. The monoisotopic (exact) mass is 387 g/mol. The van der Waals surface area contributed by atoms with Crippen LogP contribution in [0.25, 0.3) is 16.7 Å². The van der Waals surface area contributed by atoms with Gasteiger partial charge in [0.05, 0.1) is 17.1 Å². The number of nitrogens with zero attached hydrogens (tertiary/aromatic N) is 2. The van der Waals surface area contributed by atoms with E-state index in [1.807, 2.05) is 48.5 Å². The molecule has 0 bridgehead atoms. The molecular formula is C23H18FN3O2. The summed E-state index contributed by atoms with van der Waals surface area (Å²) in [5.41, 5.74) is 2.80. The van der Waals surface area contributed by atoms with E-state index in [4.69, 9.17) is 9.72 Å². The molecule has 0 spiro atoms. The maximum atomic E-state index is 13.1. The minimum Gasteiger partial charge on any atom is -0.457 e. The average Bonchev–Trinajstić information content (AvgIpc) is 3.34. The standard InChI is InChI=1S/C23H18FN3O2/c24-15-5-9-17(10-6-15)29-18-11-7-16(8-12-18)27-21-4-2-1-3-19(21)26-23(27)20-13-14-22(28)25-20/h1-12,20H,13-14H2,(H,25,28). The zero-order valence-corrected chi connectivity index (χ0v) is 15.5. The molecule has 1 N–H and O–H groups in total. The van der Waals surface area contributed by atoms with Gasteiger partial charge in [-0.1, -0.05) is 12.1 Å². The minimum absolute atomic E-state index is 0.0525. The van der Waals surface area contributed by atoms with Crippen molar-refractivity contribution >= 4 is 16.9 Å². The number of rotatable bonds is 4. The van der Waals surface area contributed by atoms with Crippen molar-refractivity contribution < 1.29 is 13.9 Å². The third-order valence-corrected chi connectivity index (χ3v) is 5.04. The Hall–Kier alpha value is -3.67. The van der Waals surface area contributed by atoms with Crippen molar-refractivity contribution in [2.45, 2.75) is 18.9 Å². The molecule has 1 fully saturated rings. The zero-order valence-electron chi connectivity index (χ0n) is 15.5. The van der Waals surface area contributed by atoms with Crippen molar-refractivity contribution in [2.75, 3.05) is 0 Å². The first kappa shape index (κ1) is 17.4. The molecule has 3 aromatic carbocycles. The largest absolute Gasteiger partial charge is 0.457 e. The number of carbonyl (C=O) groups is 1. The molecule has 5 rings (SSSR count). The number of aromatic nitrogens is 2.